The Bertz CT molecular complexity index is 1160. The monoisotopic (exact) mass is 446 g/mol. The number of carbonyl (C=O) groups is 1. The van der Waals surface area contributed by atoms with Gasteiger partial charge in [-0.15, -0.1) is 0 Å². The highest BCUT2D eigenvalue weighted by Crippen LogP contribution is 2.29. The van der Waals surface area contributed by atoms with Crippen molar-refractivity contribution in [2.75, 3.05) is 5.32 Å². The average Bonchev–Trinajstić information content (AvgIpc) is 3.46. The van der Waals surface area contributed by atoms with Gasteiger partial charge in [-0.2, -0.15) is 5.10 Å². The Kier molecular flexibility index (Phi) is 6.04. The van der Waals surface area contributed by atoms with Crippen molar-refractivity contribution in [1.29, 1.82) is 0 Å². The van der Waals surface area contributed by atoms with Gasteiger partial charge in [0.05, 0.1) is 17.3 Å². The zero-order valence-corrected chi connectivity index (χ0v) is 19.9. The maximum Gasteiger partial charge on any atom is 0.223 e. The molecule has 0 spiro atoms. The van der Waals surface area contributed by atoms with Crippen LogP contribution in [0.2, 0.25) is 0 Å². The second kappa shape index (κ2) is 9.12. The number of rotatable bonds is 5. The lowest BCUT2D eigenvalue weighted by atomic mass is 9.90. The summed E-state index contributed by atoms with van der Waals surface area (Å²) in [5.41, 5.74) is 4.27. The SMILES string of the molecule is Cc1ccc(-n2ncc3c(NC4CCC(NC(=O)C5CCCC5)CC4)nc(C)nc32)c(C)c1. The molecular formula is C26H34N6O. The van der Waals surface area contributed by atoms with Crippen molar-refractivity contribution in [2.24, 2.45) is 5.92 Å². The second-order valence-corrected chi connectivity index (χ2v) is 9.89. The quantitative estimate of drug-likeness (QED) is 0.590. The first-order chi connectivity index (χ1) is 16.0. The molecule has 2 fully saturated rings. The predicted octanol–water partition coefficient (Wildman–Crippen LogP) is 4.77. The van der Waals surface area contributed by atoms with E-state index < -0.39 is 0 Å². The summed E-state index contributed by atoms with van der Waals surface area (Å²) in [5.74, 6) is 2.10. The van der Waals surface area contributed by atoms with Crippen LogP contribution in [0.3, 0.4) is 0 Å². The van der Waals surface area contributed by atoms with Crippen molar-refractivity contribution < 1.29 is 4.79 Å². The summed E-state index contributed by atoms with van der Waals surface area (Å²) >= 11 is 0. The Labute approximate surface area is 195 Å². The average molecular weight is 447 g/mol. The van der Waals surface area contributed by atoms with Crippen LogP contribution < -0.4 is 10.6 Å². The molecule has 0 aliphatic heterocycles. The largest absolute Gasteiger partial charge is 0.367 e. The summed E-state index contributed by atoms with van der Waals surface area (Å²) in [5, 5.41) is 12.6. The van der Waals surface area contributed by atoms with Crippen LogP contribution >= 0.6 is 0 Å². The van der Waals surface area contributed by atoms with Crippen molar-refractivity contribution in [2.45, 2.75) is 84.2 Å². The molecule has 5 rings (SSSR count). The van der Waals surface area contributed by atoms with E-state index in [1.54, 1.807) is 0 Å². The molecule has 7 heteroatoms. The highest BCUT2D eigenvalue weighted by Gasteiger charge is 2.28. The number of anilines is 1. The van der Waals surface area contributed by atoms with Gasteiger partial charge in [0.25, 0.3) is 0 Å². The van der Waals surface area contributed by atoms with E-state index in [0.29, 0.717) is 12.1 Å². The smallest absolute Gasteiger partial charge is 0.223 e. The fourth-order valence-corrected chi connectivity index (χ4v) is 5.43. The van der Waals surface area contributed by atoms with Crippen molar-refractivity contribution in [3.05, 3.63) is 41.3 Å². The lowest BCUT2D eigenvalue weighted by molar-refractivity contribution is -0.125. The molecule has 0 bridgehead atoms. The molecule has 1 aromatic carbocycles. The Morgan fingerprint density at radius 2 is 1.70 bits per heavy atom. The zero-order valence-electron chi connectivity index (χ0n) is 19.9. The van der Waals surface area contributed by atoms with Crippen LogP contribution in [0.25, 0.3) is 16.7 Å². The normalized spacial score (nSPS) is 21.4. The maximum atomic E-state index is 12.5. The van der Waals surface area contributed by atoms with E-state index in [2.05, 4.69) is 47.8 Å². The summed E-state index contributed by atoms with van der Waals surface area (Å²) < 4.78 is 1.92. The first-order valence-corrected chi connectivity index (χ1v) is 12.3. The van der Waals surface area contributed by atoms with Crippen LogP contribution in [0.4, 0.5) is 5.82 Å². The number of hydrogen-bond donors (Lipinski definition) is 2. The Morgan fingerprint density at radius 3 is 2.42 bits per heavy atom. The van der Waals surface area contributed by atoms with E-state index in [9.17, 15) is 4.79 Å². The molecule has 33 heavy (non-hydrogen) atoms. The highest BCUT2D eigenvalue weighted by molar-refractivity contribution is 5.87. The van der Waals surface area contributed by atoms with Crippen molar-refractivity contribution in [1.82, 2.24) is 25.1 Å². The number of nitrogens with one attached hydrogen (secondary N) is 2. The summed E-state index contributed by atoms with van der Waals surface area (Å²) in [6.45, 7) is 6.13. The minimum atomic E-state index is 0.242. The van der Waals surface area contributed by atoms with E-state index in [1.807, 2.05) is 17.8 Å². The van der Waals surface area contributed by atoms with Crippen molar-refractivity contribution >= 4 is 22.8 Å². The van der Waals surface area contributed by atoms with E-state index in [0.717, 1.165) is 66.9 Å². The van der Waals surface area contributed by atoms with Crippen LogP contribution in [0, 0.1) is 26.7 Å². The molecule has 1 amide bonds. The molecule has 2 aliphatic rings. The molecule has 2 N–H and O–H groups in total. The van der Waals surface area contributed by atoms with Gasteiger partial charge in [0.2, 0.25) is 5.91 Å². The molecule has 2 saturated carbocycles. The first kappa shape index (κ1) is 21.9. The topological polar surface area (TPSA) is 84.7 Å². The molecule has 2 heterocycles. The molecule has 3 aromatic rings. The van der Waals surface area contributed by atoms with Gasteiger partial charge in [0, 0.05) is 18.0 Å². The molecule has 0 radical (unpaired) electrons. The molecule has 2 aliphatic carbocycles. The van der Waals surface area contributed by atoms with E-state index in [1.165, 1.54) is 24.0 Å². The molecule has 2 aromatic heterocycles. The lowest BCUT2D eigenvalue weighted by Crippen LogP contribution is -2.42. The Balaban J connectivity index is 1.29. The molecule has 7 nitrogen and oxygen atoms in total. The number of aryl methyl sites for hydroxylation is 3. The number of carbonyl (C=O) groups excluding carboxylic acids is 1. The maximum absolute atomic E-state index is 12.5. The minimum absolute atomic E-state index is 0.242. The second-order valence-electron chi connectivity index (χ2n) is 9.89. The molecular weight excluding hydrogens is 412 g/mol. The number of hydrogen-bond acceptors (Lipinski definition) is 5. The summed E-state index contributed by atoms with van der Waals surface area (Å²) in [4.78, 5) is 21.9. The number of fused-ring (bicyclic) bond motifs is 1. The van der Waals surface area contributed by atoms with Gasteiger partial charge in [-0.1, -0.05) is 30.5 Å². The fourth-order valence-electron chi connectivity index (χ4n) is 5.43. The van der Waals surface area contributed by atoms with Crippen LogP contribution in [-0.4, -0.2) is 37.7 Å². The number of nitrogens with zero attached hydrogens (tertiary/aromatic N) is 4. The van der Waals surface area contributed by atoms with Crippen molar-refractivity contribution in [3.63, 3.8) is 0 Å². The van der Waals surface area contributed by atoms with Gasteiger partial charge >= 0.3 is 0 Å². The van der Waals surface area contributed by atoms with E-state index in [4.69, 9.17) is 9.97 Å². The van der Waals surface area contributed by atoms with E-state index >= 15 is 0 Å². The molecule has 174 valence electrons. The Morgan fingerprint density at radius 1 is 0.970 bits per heavy atom. The van der Waals surface area contributed by atoms with Gasteiger partial charge in [-0.3, -0.25) is 4.79 Å². The third kappa shape index (κ3) is 4.59. The fraction of sp³-hybridized carbons (Fsp3) is 0.538. The van der Waals surface area contributed by atoms with Gasteiger partial charge < -0.3 is 10.6 Å². The first-order valence-electron chi connectivity index (χ1n) is 12.3. The van der Waals surface area contributed by atoms with Crippen LogP contribution in [0.5, 0.6) is 0 Å². The van der Waals surface area contributed by atoms with Crippen LogP contribution in [-0.2, 0) is 4.79 Å². The summed E-state index contributed by atoms with van der Waals surface area (Å²) in [6.07, 6.45) is 10.4. The standard InChI is InChI=1S/C26H34N6O/c1-16-8-13-23(17(2)14-16)32-25-22(15-27-32)24(28-18(3)29-25)30-20-9-11-21(12-10-20)31-26(33)19-6-4-5-7-19/h8,13-15,19-21H,4-7,9-12H2,1-3H3,(H,31,33)(H,28,29,30). The number of aromatic nitrogens is 4. The zero-order chi connectivity index (χ0) is 22.9. The Hall–Kier alpha value is -2.96. The van der Waals surface area contributed by atoms with Crippen LogP contribution in [0.15, 0.2) is 24.4 Å². The molecule has 0 saturated heterocycles. The minimum Gasteiger partial charge on any atom is -0.367 e. The number of benzene rings is 1. The lowest BCUT2D eigenvalue weighted by Gasteiger charge is -2.30. The predicted molar refractivity (Wildman–Crippen MR) is 131 cm³/mol. The molecule has 0 atom stereocenters. The van der Waals surface area contributed by atoms with E-state index in [-0.39, 0.29) is 11.8 Å². The van der Waals surface area contributed by atoms with Gasteiger partial charge in [-0.25, -0.2) is 14.6 Å². The highest BCUT2D eigenvalue weighted by atomic mass is 16.1. The summed E-state index contributed by atoms with van der Waals surface area (Å²) in [7, 11) is 0. The third-order valence-electron chi connectivity index (χ3n) is 7.26. The summed E-state index contributed by atoms with van der Waals surface area (Å²) in [6, 6.07) is 7.01. The van der Waals surface area contributed by atoms with Gasteiger partial charge in [0.1, 0.15) is 11.6 Å². The van der Waals surface area contributed by atoms with Gasteiger partial charge in [0.15, 0.2) is 5.65 Å². The third-order valence-corrected chi connectivity index (χ3v) is 7.26. The number of amides is 1. The molecule has 0 unspecified atom stereocenters. The van der Waals surface area contributed by atoms with Crippen molar-refractivity contribution in [3.8, 4) is 5.69 Å². The van der Waals surface area contributed by atoms with Crippen LogP contribution in [0.1, 0.15) is 68.3 Å². The van der Waals surface area contributed by atoms with Gasteiger partial charge in [-0.05, 0) is 70.9 Å².